The van der Waals surface area contributed by atoms with E-state index < -0.39 is 35.3 Å². The van der Waals surface area contributed by atoms with Crippen LogP contribution in [-0.4, -0.2) is 16.4 Å². The fraction of sp³-hybridized carbons (Fsp3) is 0.250. The Morgan fingerprint density at radius 1 is 1.38 bits per heavy atom. The fourth-order valence-corrected chi connectivity index (χ4v) is 1.01. The van der Waals surface area contributed by atoms with E-state index in [4.69, 9.17) is 5.11 Å². The van der Waals surface area contributed by atoms with Crippen molar-refractivity contribution in [2.75, 3.05) is 0 Å². The van der Waals surface area contributed by atoms with E-state index in [1.807, 2.05) is 0 Å². The largest absolute Gasteiger partial charge is 0.506 e. The number of aromatic nitrogens is 1. The zero-order valence-corrected chi connectivity index (χ0v) is 7.42. The van der Waals surface area contributed by atoms with Crippen LogP contribution in [0.25, 0.3) is 0 Å². The molecule has 1 N–H and O–H groups in total. The first-order valence-electron chi connectivity index (χ1n) is 3.81. The highest BCUT2D eigenvalue weighted by atomic mass is 19.4. The quantitative estimate of drug-likeness (QED) is 0.639. The number of rotatable bonds is 2. The summed E-state index contributed by atoms with van der Waals surface area (Å²) in [5.41, 5.74) is -3.99. The van der Waals surface area contributed by atoms with E-state index in [0.717, 1.165) is 0 Å². The Bertz CT molecular complexity index is 416. The highest BCUT2D eigenvalue weighted by Crippen LogP contribution is 2.36. The minimum absolute atomic E-state index is 0.0538. The molecule has 0 saturated carbocycles. The molecule has 1 aromatic rings. The van der Waals surface area contributed by atoms with Gasteiger partial charge in [-0.3, -0.25) is 4.79 Å². The number of alkyl halides is 5. The Kier molecular flexibility index (Phi) is 3.11. The maximum absolute atomic E-state index is 12.3. The number of hydrogen-bond donors (Lipinski definition) is 1. The van der Waals surface area contributed by atoms with E-state index in [1.54, 1.807) is 0 Å². The molecule has 0 fully saturated rings. The molecule has 0 unspecified atom stereocenters. The third kappa shape index (κ3) is 2.26. The molecule has 0 spiro atoms. The van der Waals surface area contributed by atoms with Crippen molar-refractivity contribution in [1.29, 1.82) is 0 Å². The third-order valence-electron chi connectivity index (χ3n) is 1.68. The Hall–Kier alpha value is -1.73. The van der Waals surface area contributed by atoms with Crippen LogP contribution >= 0.6 is 0 Å². The number of aromatic hydroxyl groups is 1. The summed E-state index contributed by atoms with van der Waals surface area (Å²) in [6, 6.07) is 0.0538. The Balaban J connectivity index is 3.44. The summed E-state index contributed by atoms with van der Waals surface area (Å²) >= 11 is 0. The second-order valence-corrected chi connectivity index (χ2v) is 2.74. The average Bonchev–Trinajstić information content (AvgIpc) is 2.15. The molecular formula is C8H4F5NO2. The molecule has 8 heteroatoms. The number of nitrogens with zero attached hydrogens (tertiary/aromatic N) is 1. The molecule has 1 aromatic heterocycles. The van der Waals surface area contributed by atoms with Crippen molar-refractivity contribution in [2.24, 2.45) is 0 Å². The van der Waals surface area contributed by atoms with Gasteiger partial charge in [-0.1, -0.05) is 0 Å². The molecule has 1 rings (SSSR count). The Morgan fingerprint density at radius 2 is 1.94 bits per heavy atom. The second kappa shape index (κ2) is 4.03. The van der Waals surface area contributed by atoms with E-state index in [-0.39, 0.29) is 12.4 Å². The van der Waals surface area contributed by atoms with Crippen molar-refractivity contribution in [2.45, 2.75) is 12.6 Å². The Morgan fingerprint density at radius 3 is 2.31 bits per heavy atom. The number of carbonyl (C=O) groups is 1. The topological polar surface area (TPSA) is 50.2 Å². The van der Waals surface area contributed by atoms with Gasteiger partial charge in [0.25, 0.3) is 6.43 Å². The molecule has 0 amide bonds. The molecule has 1 heterocycles. The number of carbonyl (C=O) groups excluding carboxylic acids is 1. The Labute approximate surface area is 85.5 Å². The first kappa shape index (κ1) is 12.3. The maximum atomic E-state index is 12.3. The number of halogens is 5. The number of aldehydes is 1. The van der Waals surface area contributed by atoms with Gasteiger partial charge in [0.15, 0.2) is 6.29 Å². The van der Waals surface area contributed by atoms with E-state index in [2.05, 4.69) is 4.98 Å². The molecule has 0 atom stereocenters. The minimum atomic E-state index is -4.94. The lowest BCUT2D eigenvalue weighted by Crippen LogP contribution is -2.12. The molecule has 0 radical (unpaired) electrons. The van der Waals surface area contributed by atoms with Crippen LogP contribution in [0.5, 0.6) is 5.75 Å². The molecule has 16 heavy (non-hydrogen) atoms. The van der Waals surface area contributed by atoms with Crippen molar-refractivity contribution in [3.05, 3.63) is 23.0 Å². The molecule has 0 aliphatic rings. The van der Waals surface area contributed by atoms with E-state index in [0.29, 0.717) is 0 Å². The monoisotopic (exact) mass is 241 g/mol. The lowest BCUT2D eigenvalue weighted by Gasteiger charge is -2.11. The summed E-state index contributed by atoms with van der Waals surface area (Å²) in [7, 11) is 0. The lowest BCUT2D eigenvalue weighted by atomic mass is 10.1. The van der Waals surface area contributed by atoms with Crippen molar-refractivity contribution in [1.82, 2.24) is 4.98 Å². The van der Waals surface area contributed by atoms with Gasteiger partial charge in [0.05, 0.1) is 5.56 Å². The number of hydrogen-bond acceptors (Lipinski definition) is 3. The zero-order valence-electron chi connectivity index (χ0n) is 7.42. The summed E-state index contributed by atoms with van der Waals surface area (Å²) in [4.78, 5) is 13.0. The van der Waals surface area contributed by atoms with Gasteiger partial charge < -0.3 is 5.11 Å². The standard InChI is InChI=1S/C8H4F5NO2/c9-7(10)6-5(16)1-3(8(11,12)13)4(2-15)14-6/h1-2,7,16H. The fourth-order valence-electron chi connectivity index (χ4n) is 1.01. The van der Waals surface area contributed by atoms with Gasteiger partial charge >= 0.3 is 6.18 Å². The van der Waals surface area contributed by atoms with Gasteiger partial charge in [-0.05, 0) is 6.07 Å². The van der Waals surface area contributed by atoms with Crippen LogP contribution in [0.2, 0.25) is 0 Å². The molecular weight excluding hydrogens is 237 g/mol. The lowest BCUT2D eigenvalue weighted by molar-refractivity contribution is -0.138. The van der Waals surface area contributed by atoms with E-state index >= 15 is 0 Å². The van der Waals surface area contributed by atoms with Gasteiger partial charge in [-0.2, -0.15) is 13.2 Å². The predicted octanol–water partition coefficient (Wildman–Crippen LogP) is 2.56. The average molecular weight is 241 g/mol. The van der Waals surface area contributed by atoms with Crippen LogP contribution in [0.3, 0.4) is 0 Å². The minimum Gasteiger partial charge on any atom is -0.506 e. The van der Waals surface area contributed by atoms with Gasteiger partial charge in [0, 0.05) is 0 Å². The van der Waals surface area contributed by atoms with Crippen LogP contribution < -0.4 is 0 Å². The van der Waals surface area contributed by atoms with Crippen molar-refractivity contribution in [3.8, 4) is 5.75 Å². The first-order valence-corrected chi connectivity index (χ1v) is 3.81. The molecule has 88 valence electrons. The molecule has 0 aromatic carbocycles. The zero-order chi connectivity index (χ0) is 12.5. The highest BCUT2D eigenvalue weighted by Gasteiger charge is 2.36. The second-order valence-electron chi connectivity index (χ2n) is 2.74. The van der Waals surface area contributed by atoms with Crippen LogP contribution in [-0.2, 0) is 6.18 Å². The van der Waals surface area contributed by atoms with Crippen molar-refractivity contribution in [3.63, 3.8) is 0 Å². The van der Waals surface area contributed by atoms with E-state index in [1.165, 1.54) is 0 Å². The van der Waals surface area contributed by atoms with Gasteiger partial charge in [0.1, 0.15) is 17.1 Å². The van der Waals surface area contributed by atoms with Gasteiger partial charge in [-0.25, -0.2) is 13.8 Å². The van der Waals surface area contributed by atoms with Crippen molar-refractivity contribution >= 4 is 6.29 Å². The van der Waals surface area contributed by atoms with Gasteiger partial charge in [-0.15, -0.1) is 0 Å². The normalized spacial score (nSPS) is 11.9. The van der Waals surface area contributed by atoms with Gasteiger partial charge in [0.2, 0.25) is 0 Å². The smallest absolute Gasteiger partial charge is 0.418 e. The third-order valence-corrected chi connectivity index (χ3v) is 1.68. The van der Waals surface area contributed by atoms with Crippen LogP contribution in [0.1, 0.15) is 28.2 Å². The van der Waals surface area contributed by atoms with E-state index in [9.17, 15) is 26.7 Å². The molecule has 0 saturated heterocycles. The highest BCUT2D eigenvalue weighted by molar-refractivity contribution is 5.75. The summed E-state index contributed by atoms with van der Waals surface area (Å²) in [5.74, 6) is -1.30. The van der Waals surface area contributed by atoms with Crippen LogP contribution in [0.4, 0.5) is 22.0 Å². The molecule has 0 aliphatic heterocycles. The predicted molar refractivity (Wildman–Crippen MR) is 41.2 cm³/mol. The summed E-state index contributed by atoms with van der Waals surface area (Å²) in [6.07, 6.45) is -8.50. The molecule has 0 aliphatic carbocycles. The molecule has 0 bridgehead atoms. The number of pyridine rings is 1. The summed E-state index contributed by atoms with van der Waals surface area (Å²) in [6.45, 7) is 0. The summed E-state index contributed by atoms with van der Waals surface area (Å²) < 4.78 is 61.1. The molecule has 3 nitrogen and oxygen atoms in total. The SMILES string of the molecule is O=Cc1nc(C(F)F)c(O)cc1C(F)(F)F. The van der Waals surface area contributed by atoms with Crippen molar-refractivity contribution < 1.29 is 31.9 Å². The maximum Gasteiger partial charge on any atom is 0.418 e. The van der Waals surface area contributed by atoms with Crippen LogP contribution in [0, 0.1) is 0 Å². The van der Waals surface area contributed by atoms with Crippen LogP contribution in [0.15, 0.2) is 6.07 Å². The summed E-state index contributed by atoms with van der Waals surface area (Å²) in [5, 5.41) is 8.89. The first-order chi connectivity index (χ1) is 7.27.